The largest absolute Gasteiger partial charge is 0.457 e. The lowest BCUT2D eigenvalue weighted by atomic mass is 10.0. The Morgan fingerprint density at radius 1 is 0.971 bits per heavy atom. The minimum atomic E-state index is -4.72. The van der Waals surface area contributed by atoms with Gasteiger partial charge in [0.05, 0.1) is 6.54 Å². The molecule has 1 aliphatic heterocycles. The van der Waals surface area contributed by atoms with E-state index in [9.17, 15) is 18.3 Å². The molecule has 3 aromatic rings. The second-order valence-corrected chi connectivity index (χ2v) is 8.37. The van der Waals surface area contributed by atoms with Crippen molar-refractivity contribution in [1.29, 1.82) is 0 Å². The van der Waals surface area contributed by atoms with Crippen LogP contribution in [0.5, 0.6) is 11.5 Å². The number of anilines is 1. The summed E-state index contributed by atoms with van der Waals surface area (Å²) in [5.41, 5.74) is 3.36. The summed E-state index contributed by atoms with van der Waals surface area (Å²) >= 11 is 0. The van der Waals surface area contributed by atoms with Crippen molar-refractivity contribution in [2.24, 2.45) is 0 Å². The fraction of sp³-hybridized carbons (Fsp3) is 0.214. The van der Waals surface area contributed by atoms with E-state index < -0.39 is 18.8 Å². The second kappa shape index (κ2) is 10.7. The third-order valence-electron chi connectivity index (χ3n) is 5.69. The molecule has 1 N–H and O–H groups in total. The number of alkyl halides is 3. The molecule has 1 atom stereocenters. The first-order valence-corrected chi connectivity index (χ1v) is 11.3. The molecule has 1 unspecified atom stereocenters. The highest BCUT2D eigenvalue weighted by atomic mass is 19.4. The summed E-state index contributed by atoms with van der Waals surface area (Å²) in [4.78, 5) is 3.53. The van der Waals surface area contributed by atoms with E-state index in [1.165, 1.54) is 4.90 Å². The van der Waals surface area contributed by atoms with Crippen LogP contribution >= 0.6 is 0 Å². The van der Waals surface area contributed by atoms with E-state index in [1.807, 2.05) is 60.6 Å². The smallest absolute Gasteiger partial charge is 0.416 e. The van der Waals surface area contributed by atoms with E-state index in [-0.39, 0.29) is 6.54 Å². The van der Waals surface area contributed by atoms with Gasteiger partial charge in [-0.15, -0.1) is 0 Å². The number of rotatable bonds is 8. The highest BCUT2D eigenvalue weighted by Crippen LogP contribution is 2.30. The number of nitrogens with zero attached hydrogens (tertiary/aromatic N) is 2. The van der Waals surface area contributed by atoms with Crippen LogP contribution in [-0.4, -0.2) is 35.9 Å². The van der Waals surface area contributed by atoms with E-state index in [4.69, 9.17) is 4.74 Å². The van der Waals surface area contributed by atoms with Gasteiger partial charge in [-0.1, -0.05) is 54.6 Å². The van der Waals surface area contributed by atoms with Crippen molar-refractivity contribution in [2.45, 2.75) is 25.2 Å². The predicted molar refractivity (Wildman–Crippen MR) is 132 cm³/mol. The van der Waals surface area contributed by atoms with Gasteiger partial charge in [-0.3, -0.25) is 0 Å². The van der Waals surface area contributed by atoms with Crippen molar-refractivity contribution in [3.05, 3.63) is 108 Å². The van der Waals surface area contributed by atoms with E-state index in [0.29, 0.717) is 17.2 Å². The predicted octanol–water partition coefficient (Wildman–Crippen LogP) is 6.60. The van der Waals surface area contributed by atoms with Crippen LogP contribution in [0.1, 0.15) is 17.5 Å². The molecule has 0 bridgehead atoms. The maximum atomic E-state index is 13.3. The lowest BCUT2D eigenvalue weighted by molar-refractivity contribution is -0.200. The Bertz CT molecular complexity index is 1190. The summed E-state index contributed by atoms with van der Waals surface area (Å²) in [6.45, 7) is -0.420. The molecule has 0 aliphatic carbocycles. The summed E-state index contributed by atoms with van der Waals surface area (Å²) in [5, 5.41) is 9.87. The Hall–Kier alpha value is -3.71. The summed E-state index contributed by atoms with van der Waals surface area (Å²) in [5.74, 6) is 1.12. The lowest BCUT2D eigenvalue weighted by Gasteiger charge is -2.29. The van der Waals surface area contributed by atoms with Crippen molar-refractivity contribution in [1.82, 2.24) is 4.90 Å². The quantitative estimate of drug-likeness (QED) is 0.394. The molecule has 1 aliphatic rings. The average Bonchev–Trinajstić information content (AvgIpc) is 2.84. The molecule has 1 heterocycles. The minimum absolute atomic E-state index is 0.183. The van der Waals surface area contributed by atoms with Crippen molar-refractivity contribution < 1.29 is 23.0 Å². The number of para-hydroxylation sites is 1. The molecular weight excluding hydrogens is 453 g/mol. The molecule has 0 saturated heterocycles. The van der Waals surface area contributed by atoms with E-state index in [0.717, 1.165) is 23.2 Å². The van der Waals surface area contributed by atoms with E-state index in [1.54, 1.807) is 36.4 Å². The number of hydrogen-bond donors (Lipinski definition) is 1. The first-order valence-electron chi connectivity index (χ1n) is 11.3. The molecule has 3 aromatic carbocycles. The monoisotopic (exact) mass is 480 g/mol. The third-order valence-corrected chi connectivity index (χ3v) is 5.69. The zero-order valence-electron chi connectivity index (χ0n) is 19.3. The van der Waals surface area contributed by atoms with Gasteiger partial charge in [-0.05, 0) is 47.9 Å². The van der Waals surface area contributed by atoms with Gasteiger partial charge in [-0.25, -0.2) is 0 Å². The van der Waals surface area contributed by atoms with Crippen LogP contribution in [-0.2, 0) is 6.54 Å². The molecule has 0 spiro atoms. The Balaban J connectivity index is 1.61. The van der Waals surface area contributed by atoms with Gasteiger partial charge in [0.15, 0.2) is 6.10 Å². The van der Waals surface area contributed by atoms with E-state index in [2.05, 4.69) is 12.2 Å². The third kappa shape index (κ3) is 6.45. The zero-order chi connectivity index (χ0) is 24.8. The molecule has 0 amide bonds. The number of halogens is 3. The van der Waals surface area contributed by atoms with Crippen LogP contribution in [0.3, 0.4) is 0 Å². The Labute approximate surface area is 203 Å². The molecule has 35 heavy (non-hydrogen) atoms. The SMILES string of the molecule is CN1C=CCC=C1c1cccc(CN(CC(O)C(F)(F)F)c2cccc(Oc3ccccc3)c2)c1. The highest BCUT2D eigenvalue weighted by Gasteiger charge is 2.39. The summed E-state index contributed by atoms with van der Waals surface area (Å²) in [6, 6.07) is 23.7. The Morgan fingerprint density at radius 3 is 2.46 bits per heavy atom. The topological polar surface area (TPSA) is 35.9 Å². The summed E-state index contributed by atoms with van der Waals surface area (Å²) in [7, 11) is 1.96. The fourth-order valence-corrected chi connectivity index (χ4v) is 3.94. The standard InChI is InChI=1S/C28H27F3N2O2/c1-32-16-6-5-15-26(32)22-10-7-9-21(17-22)19-33(20-27(34)28(29,30)31)23-11-8-14-25(18-23)35-24-12-3-2-4-13-24/h2-4,6-18,27,34H,5,19-20H2,1H3. The Morgan fingerprint density at radius 2 is 1.71 bits per heavy atom. The zero-order valence-corrected chi connectivity index (χ0v) is 19.3. The molecular formula is C28H27F3N2O2. The van der Waals surface area contributed by atoms with Gasteiger partial charge in [0.25, 0.3) is 0 Å². The maximum absolute atomic E-state index is 13.3. The van der Waals surface area contributed by atoms with Crippen molar-refractivity contribution >= 4 is 11.4 Å². The number of benzene rings is 3. The van der Waals surface area contributed by atoms with Gasteiger partial charge in [0.1, 0.15) is 11.5 Å². The number of aliphatic hydroxyl groups is 1. The number of aliphatic hydroxyl groups excluding tert-OH is 1. The summed E-state index contributed by atoms with van der Waals surface area (Å²) < 4.78 is 45.7. The molecule has 4 rings (SSSR count). The van der Waals surface area contributed by atoms with Gasteiger partial charge < -0.3 is 19.6 Å². The molecule has 7 heteroatoms. The van der Waals surface area contributed by atoms with Gasteiger partial charge in [-0.2, -0.15) is 13.2 Å². The van der Waals surface area contributed by atoms with Gasteiger partial charge in [0.2, 0.25) is 0 Å². The fourth-order valence-electron chi connectivity index (χ4n) is 3.94. The lowest BCUT2D eigenvalue weighted by Crippen LogP contribution is -2.40. The van der Waals surface area contributed by atoms with Crippen LogP contribution in [0, 0.1) is 0 Å². The maximum Gasteiger partial charge on any atom is 0.416 e. The molecule has 182 valence electrons. The van der Waals surface area contributed by atoms with Crippen LogP contribution in [0.4, 0.5) is 18.9 Å². The molecule has 0 fully saturated rings. The molecule has 0 saturated carbocycles. The second-order valence-electron chi connectivity index (χ2n) is 8.37. The Kier molecular flexibility index (Phi) is 7.46. The molecule has 4 nitrogen and oxygen atoms in total. The number of ether oxygens (including phenoxy) is 1. The van der Waals surface area contributed by atoms with Gasteiger partial charge in [0, 0.05) is 37.2 Å². The molecule has 0 aromatic heterocycles. The normalized spacial score (nSPS) is 14.4. The first-order chi connectivity index (χ1) is 16.8. The van der Waals surface area contributed by atoms with Gasteiger partial charge >= 0.3 is 6.18 Å². The van der Waals surface area contributed by atoms with Crippen LogP contribution in [0.25, 0.3) is 5.70 Å². The van der Waals surface area contributed by atoms with Crippen molar-refractivity contribution in [3.8, 4) is 11.5 Å². The minimum Gasteiger partial charge on any atom is -0.457 e. The van der Waals surface area contributed by atoms with Crippen LogP contribution in [0.15, 0.2) is 97.2 Å². The van der Waals surface area contributed by atoms with Crippen molar-refractivity contribution in [2.75, 3.05) is 18.5 Å². The van der Waals surface area contributed by atoms with E-state index >= 15 is 0 Å². The number of allylic oxidation sites excluding steroid dienone is 2. The highest BCUT2D eigenvalue weighted by molar-refractivity contribution is 5.66. The van der Waals surface area contributed by atoms with Crippen LogP contribution < -0.4 is 9.64 Å². The molecule has 0 radical (unpaired) electrons. The first kappa shape index (κ1) is 24.4. The summed E-state index contributed by atoms with van der Waals surface area (Å²) in [6.07, 6.45) is -0.233. The number of hydrogen-bond acceptors (Lipinski definition) is 4. The van der Waals surface area contributed by atoms with Crippen molar-refractivity contribution in [3.63, 3.8) is 0 Å². The van der Waals surface area contributed by atoms with Crippen LogP contribution in [0.2, 0.25) is 0 Å². The average molecular weight is 481 g/mol.